The number of hydrogen-bond donors (Lipinski definition) is 1. The first-order valence-electron chi connectivity index (χ1n) is 8.04. The van der Waals surface area contributed by atoms with Crippen LogP contribution >= 0.6 is 0 Å². The zero-order valence-electron chi connectivity index (χ0n) is 14.9. The molecule has 1 aliphatic rings. The summed E-state index contributed by atoms with van der Waals surface area (Å²) in [5.41, 5.74) is -0.232. The molecular weight excluding hydrogens is 264 g/mol. The number of carbonyl (C=O) groups is 2. The minimum atomic E-state index is -0.403. The highest BCUT2D eigenvalue weighted by atomic mass is 16.2. The molecule has 2 atom stereocenters. The second-order valence-corrected chi connectivity index (χ2v) is 8.41. The lowest BCUT2D eigenvalue weighted by Gasteiger charge is -2.50. The number of nitrogens with zero attached hydrogens (tertiary/aromatic N) is 1. The number of nitrogens with one attached hydrogen (secondary N) is 1. The molecule has 0 saturated carbocycles. The largest absolute Gasteiger partial charge is 0.342 e. The van der Waals surface area contributed by atoms with Gasteiger partial charge in [-0.1, -0.05) is 41.5 Å². The molecule has 0 bridgehead atoms. The summed E-state index contributed by atoms with van der Waals surface area (Å²) in [5, 5.41) is 2.90. The molecule has 0 radical (unpaired) electrons. The first-order valence-corrected chi connectivity index (χ1v) is 8.04. The molecule has 1 N–H and O–H groups in total. The Kier molecular flexibility index (Phi) is 5.12. The van der Waals surface area contributed by atoms with Crippen molar-refractivity contribution in [2.45, 2.75) is 85.9 Å². The molecule has 2 amide bonds. The van der Waals surface area contributed by atoms with Crippen LogP contribution < -0.4 is 5.32 Å². The fourth-order valence-electron chi connectivity index (χ4n) is 3.65. The Labute approximate surface area is 129 Å². The Balaban J connectivity index is 3.18. The van der Waals surface area contributed by atoms with Gasteiger partial charge >= 0.3 is 0 Å². The van der Waals surface area contributed by atoms with Crippen LogP contribution in [0, 0.1) is 11.3 Å². The van der Waals surface area contributed by atoms with E-state index in [4.69, 9.17) is 0 Å². The van der Waals surface area contributed by atoms with Gasteiger partial charge in [-0.05, 0) is 38.0 Å². The van der Waals surface area contributed by atoms with Crippen LogP contribution in [0.15, 0.2) is 0 Å². The number of amides is 2. The van der Waals surface area contributed by atoms with Crippen LogP contribution in [0.4, 0.5) is 0 Å². The van der Waals surface area contributed by atoms with Crippen molar-refractivity contribution in [2.75, 3.05) is 0 Å². The Morgan fingerprint density at radius 1 is 1.14 bits per heavy atom. The van der Waals surface area contributed by atoms with E-state index < -0.39 is 6.04 Å². The van der Waals surface area contributed by atoms with E-state index in [1.165, 1.54) is 0 Å². The van der Waals surface area contributed by atoms with E-state index in [1.54, 1.807) is 0 Å². The summed E-state index contributed by atoms with van der Waals surface area (Å²) in [5.74, 6) is 0.149. The van der Waals surface area contributed by atoms with Gasteiger partial charge in [0.15, 0.2) is 0 Å². The van der Waals surface area contributed by atoms with Gasteiger partial charge in [-0.25, -0.2) is 0 Å². The Bertz CT molecular complexity index is 408. The second-order valence-electron chi connectivity index (χ2n) is 8.41. The molecule has 4 nitrogen and oxygen atoms in total. The van der Waals surface area contributed by atoms with Crippen molar-refractivity contribution >= 4 is 11.8 Å². The number of carbonyl (C=O) groups excluding carboxylic acids is 2. The summed E-state index contributed by atoms with van der Waals surface area (Å²) in [4.78, 5) is 27.2. The monoisotopic (exact) mass is 296 g/mol. The fourth-order valence-corrected chi connectivity index (χ4v) is 3.65. The summed E-state index contributed by atoms with van der Waals surface area (Å²) >= 11 is 0. The van der Waals surface area contributed by atoms with Crippen LogP contribution in [0.1, 0.15) is 68.2 Å². The first kappa shape index (κ1) is 18.0. The predicted molar refractivity (Wildman–Crippen MR) is 85.8 cm³/mol. The third-order valence-corrected chi connectivity index (χ3v) is 4.08. The summed E-state index contributed by atoms with van der Waals surface area (Å²) in [6.07, 6.45) is 1.51. The van der Waals surface area contributed by atoms with Crippen LogP contribution in [0.5, 0.6) is 0 Å². The van der Waals surface area contributed by atoms with Gasteiger partial charge in [-0.15, -0.1) is 0 Å². The zero-order chi connectivity index (χ0) is 16.6. The van der Waals surface area contributed by atoms with E-state index >= 15 is 0 Å². The highest BCUT2D eigenvalue weighted by Gasteiger charge is 2.47. The van der Waals surface area contributed by atoms with Crippen LogP contribution in [0.3, 0.4) is 0 Å². The van der Waals surface area contributed by atoms with Crippen molar-refractivity contribution in [3.05, 3.63) is 0 Å². The SMILES string of the molecule is CCC1C(=O)NC(C(C)C)C(=O)N1C(C)(C)CC(C)(C)C. The van der Waals surface area contributed by atoms with Gasteiger partial charge in [0.05, 0.1) is 0 Å². The maximum absolute atomic E-state index is 12.9. The van der Waals surface area contributed by atoms with Gasteiger partial charge in [0, 0.05) is 5.54 Å². The zero-order valence-corrected chi connectivity index (χ0v) is 14.9. The summed E-state index contributed by atoms with van der Waals surface area (Å²) < 4.78 is 0. The van der Waals surface area contributed by atoms with E-state index in [2.05, 4.69) is 39.9 Å². The van der Waals surface area contributed by atoms with E-state index in [9.17, 15) is 9.59 Å². The van der Waals surface area contributed by atoms with Gasteiger partial charge in [-0.3, -0.25) is 9.59 Å². The van der Waals surface area contributed by atoms with Crippen molar-refractivity contribution in [1.29, 1.82) is 0 Å². The molecule has 0 aromatic rings. The Morgan fingerprint density at radius 2 is 1.67 bits per heavy atom. The minimum Gasteiger partial charge on any atom is -0.342 e. The van der Waals surface area contributed by atoms with E-state index in [1.807, 2.05) is 25.7 Å². The van der Waals surface area contributed by atoms with E-state index in [-0.39, 0.29) is 34.7 Å². The quantitative estimate of drug-likeness (QED) is 0.867. The Morgan fingerprint density at radius 3 is 2.05 bits per heavy atom. The standard InChI is InChI=1S/C17H32N2O2/c1-9-12-14(20)18-13(11(2)3)15(21)19(12)17(7,8)10-16(4,5)6/h11-13H,9-10H2,1-8H3,(H,18,20). The molecule has 1 heterocycles. The van der Waals surface area contributed by atoms with Crippen molar-refractivity contribution in [1.82, 2.24) is 10.2 Å². The highest BCUT2D eigenvalue weighted by molar-refractivity contribution is 5.97. The van der Waals surface area contributed by atoms with Gasteiger partial charge in [0.1, 0.15) is 12.1 Å². The molecule has 0 aromatic carbocycles. The average Bonchev–Trinajstić information content (AvgIpc) is 2.27. The summed E-state index contributed by atoms with van der Waals surface area (Å²) in [6.45, 7) is 16.6. The number of rotatable bonds is 4. The van der Waals surface area contributed by atoms with E-state index in [0.717, 1.165) is 6.42 Å². The molecule has 21 heavy (non-hydrogen) atoms. The Hall–Kier alpha value is -1.06. The highest BCUT2D eigenvalue weighted by Crippen LogP contribution is 2.35. The van der Waals surface area contributed by atoms with Crippen molar-refractivity contribution in [2.24, 2.45) is 11.3 Å². The van der Waals surface area contributed by atoms with Gasteiger partial charge < -0.3 is 10.2 Å². The predicted octanol–water partition coefficient (Wildman–Crippen LogP) is 2.96. The molecule has 0 aromatic heterocycles. The smallest absolute Gasteiger partial charge is 0.246 e. The summed E-state index contributed by atoms with van der Waals surface area (Å²) in [7, 11) is 0. The second kappa shape index (κ2) is 5.98. The van der Waals surface area contributed by atoms with Crippen molar-refractivity contribution in [3.63, 3.8) is 0 Å². The first-order chi connectivity index (χ1) is 9.40. The fraction of sp³-hybridized carbons (Fsp3) is 0.882. The molecule has 0 spiro atoms. The lowest BCUT2D eigenvalue weighted by Crippen LogP contribution is -2.69. The third kappa shape index (κ3) is 3.98. The summed E-state index contributed by atoms with van der Waals surface area (Å²) in [6, 6.07) is -0.760. The van der Waals surface area contributed by atoms with Crippen molar-refractivity contribution < 1.29 is 9.59 Å². The lowest BCUT2D eigenvalue weighted by atomic mass is 9.79. The van der Waals surface area contributed by atoms with Crippen LogP contribution in [0.2, 0.25) is 0 Å². The lowest BCUT2D eigenvalue weighted by molar-refractivity contribution is -0.158. The van der Waals surface area contributed by atoms with Gasteiger partial charge in [0.25, 0.3) is 0 Å². The molecule has 1 rings (SSSR count). The third-order valence-electron chi connectivity index (χ3n) is 4.08. The van der Waals surface area contributed by atoms with Crippen LogP contribution in [0.25, 0.3) is 0 Å². The van der Waals surface area contributed by atoms with Crippen LogP contribution in [-0.2, 0) is 9.59 Å². The van der Waals surface area contributed by atoms with Gasteiger partial charge in [-0.2, -0.15) is 0 Å². The number of piperazine rings is 1. The van der Waals surface area contributed by atoms with Crippen LogP contribution in [-0.4, -0.2) is 34.3 Å². The molecule has 1 fully saturated rings. The van der Waals surface area contributed by atoms with E-state index in [0.29, 0.717) is 6.42 Å². The molecule has 4 heteroatoms. The molecule has 122 valence electrons. The normalized spacial score (nSPS) is 24.5. The van der Waals surface area contributed by atoms with Crippen molar-refractivity contribution in [3.8, 4) is 0 Å². The molecule has 1 saturated heterocycles. The molecule has 2 unspecified atom stereocenters. The molecule has 0 aliphatic carbocycles. The maximum Gasteiger partial charge on any atom is 0.246 e. The average molecular weight is 296 g/mol. The molecule has 1 aliphatic heterocycles. The molecular formula is C17H32N2O2. The number of hydrogen-bond acceptors (Lipinski definition) is 2. The topological polar surface area (TPSA) is 49.4 Å². The van der Waals surface area contributed by atoms with Gasteiger partial charge in [0.2, 0.25) is 11.8 Å². The maximum atomic E-state index is 12.9. The minimum absolute atomic E-state index is 0.0159.